The van der Waals surface area contributed by atoms with Gasteiger partial charge in [0, 0.05) is 44.1 Å². The van der Waals surface area contributed by atoms with Crippen LogP contribution in [-0.2, 0) is 7.05 Å². The van der Waals surface area contributed by atoms with Crippen LogP contribution in [0.3, 0.4) is 0 Å². The molecule has 1 amide bonds. The number of anilines is 1. The van der Waals surface area contributed by atoms with Crippen LogP contribution in [0, 0.1) is 6.92 Å². The minimum Gasteiger partial charge on any atom is -0.355 e. The number of hydrogen-bond donors (Lipinski definition) is 2. The first kappa shape index (κ1) is 13.7. The van der Waals surface area contributed by atoms with Crippen molar-refractivity contribution in [2.45, 2.75) is 25.8 Å². The molecular formula is C14H20N6O. The largest absolute Gasteiger partial charge is 0.355 e. The van der Waals surface area contributed by atoms with Crippen molar-refractivity contribution in [1.82, 2.24) is 25.3 Å². The van der Waals surface area contributed by atoms with Crippen molar-refractivity contribution in [3.05, 3.63) is 29.7 Å². The zero-order valence-electron chi connectivity index (χ0n) is 12.3. The molecule has 1 aliphatic heterocycles. The fourth-order valence-corrected chi connectivity index (χ4v) is 2.67. The number of piperidine rings is 1. The normalized spacial score (nSPS) is 16.2. The van der Waals surface area contributed by atoms with E-state index in [0.29, 0.717) is 5.69 Å². The molecule has 2 N–H and O–H groups in total. The second-order valence-electron chi connectivity index (χ2n) is 5.48. The predicted molar refractivity (Wildman–Crippen MR) is 79.2 cm³/mol. The van der Waals surface area contributed by atoms with Crippen LogP contribution in [0.15, 0.2) is 18.3 Å². The van der Waals surface area contributed by atoms with Crippen molar-refractivity contribution in [2.24, 2.45) is 7.05 Å². The van der Waals surface area contributed by atoms with Crippen LogP contribution in [0.25, 0.3) is 0 Å². The Kier molecular flexibility index (Phi) is 3.64. The zero-order valence-corrected chi connectivity index (χ0v) is 12.3. The Morgan fingerprint density at radius 2 is 2.19 bits per heavy atom. The van der Waals surface area contributed by atoms with Crippen molar-refractivity contribution < 1.29 is 4.79 Å². The van der Waals surface area contributed by atoms with Gasteiger partial charge in [0.15, 0.2) is 5.82 Å². The second-order valence-corrected chi connectivity index (χ2v) is 5.48. The maximum Gasteiger partial charge on any atom is 0.269 e. The number of aromatic nitrogens is 4. The maximum absolute atomic E-state index is 12.1. The van der Waals surface area contributed by atoms with Crippen molar-refractivity contribution in [1.29, 1.82) is 0 Å². The second kappa shape index (κ2) is 5.59. The average molecular weight is 288 g/mol. The number of nitrogens with zero attached hydrogens (tertiary/aromatic N) is 4. The number of amides is 1. The Morgan fingerprint density at radius 3 is 2.76 bits per heavy atom. The van der Waals surface area contributed by atoms with Crippen LogP contribution in [0.5, 0.6) is 0 Å². The van der Waals surface area contributed by atoms with Gasteiger partial charge in [-0.25, -0.2) is 0 Å². The monoisotopic (exact) mass is 288 g/mol. The molecule has 0 aliphatic carbocycles. The van der Waals surface area contributed by atoms with E-state index in [9.17, 15) is 4.79 Å². The Labute approximate surface area is 123 Å². The number of carbonyl (C=O) groups is 1. The summed E-state index contributed by atoms with van der Waals surface area (Å²) in [6.45, 7) is 3.80. The molecule has 0 atom stereocenters. The SMILES string of the molecule is Cc1cc(N2CCC(NC(=O)c3ccnn3C)CC2)n[nH]1. The van der Waals surface area contributed by atoms with Crippen LogP contribution < -0.4 is 10.2 Å². The third-order valence-electron chi connectivity index (χ3n) is 3.90. The van der Waals surface area contributed by atoms with Crippen molar-refractivity contribution in [3.63, 3.8) is 0 Å². The van der Waals surface area contributed by atoms with Gasteiger partial charge in [0.1, 0.15) is 5.69 Å². The van der Waals surface area contributed by atoms with Crippen LogP contribution in [0.4, 0.5) is 5.82 Å². The molecule has 0 aromatic carbocycles. The van der Waals surface area contributed by atoms with Gasteiger partial charge in [0.2, 0.25) is 0 Å². The number of H-pyrrole nitrogens is 1. The first-order valence-electron chi connectivity index (χ1n) is 7.19. The topological polar surface area (TPSA) is 78.8 Å². The van der Waals surface area contributed by atoms with E-state index in [-0.39, 0.29) is 11.9 Å². The van der Waals surface area contributed by atoms with Crippen LogP contribution in [0.1, 0.15) is 29.0 Å². The summed E-state index contributed by atoms with van der Waals surface area (Å²) in [5.41, 5.74) is 1.66. The summed E-state index contributed by atoms with van der Waals surface area (Å²) in [6, 6.07) is 3.99. The Hall–Kier alpha value is -2.31. The fraction of sp³-hybridized carbons (Fsp3) is 0.500. The highest BCUT2D eigenvalue weighted by molar-refractivity contribution is 5.92. The highest BCUT2D eigenvalue weighted by Gasteiger charge is 2.23. The van der Waals surface area contributed by atoms with Gasteiger partial charge in [-0.1, -0.05) is 0 Å². The predicted octanol–water partition coefficient (Wildman–Crippen LogP) is 0.850. The van der Waals surface area contributed by atoms with E-state index >= 15 is 0 Å². The lowest BCUT2D eigenvalue weighted by atomic mass is 10.0. The summed E-state index contributed by atoms with van der Waals surface area (Å²) >= 11 is 0. The summed E-state index contributed by atoms with van der Waals surface area (Å²) in [7, 11) is 1.78. The number of carbonyl (C=O) groups excluding carboxylic acids is 1. The van der Waals surface area contributed by atoms with E-state index in [1.165, 1.54) is 0 Å². The van der Waals surface area contributed by atoms with E-state index in [2.05, 4.69) is 31.6 Å². The first-order chi connectivity index (χ1) is 10.1. The molecular weight excluding hydrogens is 268 g/mol. The summed E-state index contributed by atoms with van der Waals surface area (Å²) in [4.78, 5) is 14.4. The van der Waals surface area contributed by atoms with Crippen molar-refractivity contribution in [2.75, 3.05) is 18.0 Å². The number of aryl methyl sites for hydroxylation is 2. The molecule has 1 fully saturated rings. The van der Waals surface area contributed by atoms with Gasteiger partial charge < -0.3 is 10.2 Å². The third kappa shape index (κ3) is 2.91. The summed E-state index contributed by atoms with van der Waals surface area (Å²) < 4.78 is 1.59. The maximum atomic E-state index is 12.1. The van der Waals surface area contributed by atoms with Gasteiger partial charge in [0.25, 0.3) is 5.91 Å². The molecule has 7 heteroatoms. The third-order valence-corrected chi connectivity index (χ3v) is 3.90. The summed E-state index contributed by atoms with van der Waals surface area (Å²) in [6.07, 6.45) is 3.49. The van der Waals surface area contributed by atoms with Crippen molar-refractivity contribution in [3.8, 4) is 0 Å². The number of nitrogens with one attached hydrogen (secondary N) is 2. The van der Waals surface area contributed by atoms with Gasteiger partial charge in [-0.2, -0.15) is 10.2 Å². The van der Waals surface area contributed by atoms with E-state index in [1.807, 2.05) is 6.92 Å². The number of hydrogen-bond acceptors (Lipinski definition) is 4. The van der Waals surface area contributed by atoms with Crippen LogP contribution >= 0.6 is 0 Å². The number of aromatic amines is 1. The standard InChI is InChI=1S/C14H20N6O/c1-10-9-13(18-17-10)20-7-4-11(5-8-20)16-14(21)12-3-6-15-19(12)2/h3,6,9,11H,4-5,7-8H2,1-2H3,(H,16,21)(H,17,18). The lowest BCUT2D eigenvalue weighted by molar-refractivity contribution is 0.0921. The first-order valence-corrected chi connectivity index (χ1v) is 7.19. The molecule has 0 saturated carbocycles. The molecule has 3 heterocycles. The fourth-order valence-electron chi connectivity index (χ4n) is 2.67. The highest BCUT2D eigenvalue weighted by atomic mass is 16.2. The molecule has 1 saturated heterocycles. The molecule has 0 spiro atoms. The molecule has 1 aliphatic rings. The molecule has 2 aromatic rings. The molecule has 2 aromatic heterocycles. The van der Waals surface area contributed by atoms with Gasteiger partial charge in [0.05, 0.1) is 0 Å². The summed E-state index contributed by atoms with van der Waals surface area (Å²) in [5.74, 6) is 0.938. The minimum atomic E-state index is -0.0518. The molecule has 0 radical (unpaired) electrons. The number of rotatable bonds is 3. The summed E-state index contributed by atoms with van der Waals surface area (Å²) in [5, 5.41) is 14.3. The molecule has 3 rings (SSSR count). The molecule has 21 heavy (non-hydrogen) atoms. The molecule has 0 unspecified atom stereocenters. The van der Waals surface area contributed by atoms with Gasteiger partial charge in [-0.3, -0.25) is 14.6 Å². The molecule has 7 nitrogen and oxygen atoms in total. The quantitative estimate of drug-likeness (QED) is 0.877. The van der Waals surface area contributed by atoms with Gasteiger partial charge in [-0.15, -0.1) is 0 Å². The van der Waals surface area contributed by atoms with E-state index in [1.54, 1.807) is 24.0 Å². The Morgan fingerprint density at radius 1 is 1.43 bits per heavy atom. The molecule has 0 bridgehead atoms. The Bertz CT molecular complexity index is 623. The smallest absolute Gasteiger partial charge is 0.269 e. The van der Waals surface area contributed by atoms with E-state index in [4.69, 9.17) is 0 Å². The Balaban J connectivity index is 1.54. The van der Waals surface area contributed by atoms with Crippen LogP contribution in [-0.4, -0.2) is 45.0 Å². The lowest BCUT2D eigenvalue weighted by Gasteiger charge is -2.32. The van der Waals surface area contributed by atoms with Gasteiger partial charge in [-0.05, 0) is 25.8 Å². The van der Waals surface area contributed by atoms with Crippen LogP contribution in [0.2, 0.25) is 0 Å². The van der Waals surface area contributed by atoms with E-state index in [0.717, 1.165) is 37.4 Å². The molecule has 112 valence electrons. The zero-order chi connectivity index (χ0) is 14.8. The minimum absolute atomic E-state index is 0.0518. The average Bonchev–Trinajstić information content (AvgIpc) is 3.08. The van der Waals surface area contributed by atoms with Crippen molar-refractivity contribution >= 4 is 11.7 Å². The van der Waals surface area contributed by atoms with E-state index < -0.39 is 0 Å². The lowest BCUT2D eigenvalue weighted by Crippen LogP contribution is -2.45. The highest BCUT2D eigenvalue weighted by Crippen LogP contribution is 2.18. The van der Waals surface area contributed by atoms with Gasteiger partial charge >= 0.3 is 0 Å².